The van der Waals surface area contributed by atoms with Crippen molar-refractivity contribution in [3.05, 3.63) is 35.4 Å². The number of nitrogens with zero attached hydrogens (tertiary/aromatic N) is 2. The molecule has 0 bridgehead atoms. The van der Waals surface area contributed by atoms with Gasteiger partial charge < -0.3 is 9.64 Å². The van der Waals surface area contributed by atoms with Crippen LogP contribution in [0.25, 0.3) is 0 Å². The van der Waals surface area contributed by atoms with Gasteiger partial charge in [-0.05, 0) is 11.6 Å². The molecule has 2 rings (SSSR count). The molecule has 0 N–H and O–H groups in total. The Morgan fingerprint density at radius 1 is 1.47 bits per heavy atom. The average Bonchev–Trinajstić information content (AvgIpc) is 2.65. The van der Waals surface area contributed by atoms with E-state index in [0.717, 1.165) is 5.56 Å². The fourth-order valence-electron chi connectivity index (χ4n) is 1.54. The molecule has 1 aliphatic rings. The first kappa shape index (κ1) is 9.53. The molecule has 1 saturated heterocycles. The molecular weight excluding hydrogens is 192 g/mol. The van der Waals surface area contributed by atoms with Crippen molar-refractivity contribution in [1.82, 2.24) is 4.90 Å². The molecule has 0 atom stereocenters. The summed E-state index contributed by atoms with van der Waals surface area (Å²) in [4.78, 5) is 12.8. The van der Waals surface area contributed by atoms with Crippen LogP contribution in [0.4, 0.5) is 4.79 Å². The Bertz CT molecular complexity index is 423. The van der Waals surface area contributed by atoms with Gasteiger partial charge in [0.15, 0.2) is 0 Å². The smallest absolute Gasteiger partial charge is 0.410 e. The minimum atomic E-state index is -0.303. The fourth-order valence-corrected chi connectivity index (χ4v) is 1.54. The van der Waals surface area contributed by atoms with Crippen molar-refractivity contribution >= 4 is 6.09 Å². The molecule has 1 aromatic carbocycles. The van der Waals surface area contributed by atoms with E-state index in [1.54, 1.807) is 11.0 Å². The van der Waals surface area contributed by atoms with E-state index in [4.69, 9.17) is 10.00 Å². The summed E-state index contributed by atoms with van der Waals surface area (Å²) in [7, 11) is 0. The second-order valence-corrected chi connectivity index (χ2v) is 3.30. The zero-order chi connectivity index (χ0) is 10.7. The molecule has 1 aromatic rings. The van der Waals surface area contributed by atoms with Gasteiger partial charge in [0.2, 0.25) is 0 Å². The standard InChI is InChI=1S/C11H10N2O2/c12-7-9-3-1-2-4-10(9)8-13-5-6-15-11(13)14/h1-4H,5-6,8H2. The highest BCUT2D eigenvalue weighted by molar-refractivity contribution is 5.69. The zero-order valence-electron chi connectivity index (χ0n) is 8.14. The van der Waals surface area contributed by atoms with Crippen LogP contribution in [0.1, 0.15) is 11.1 Å². The van der Waals surface area contributed by atoms with E-state index in [1.807, 2.05) is 18.2 Å². The number of carbonyl (C=O) groups is 1. The van der Waals surface area contributed by atoms with Gasteiger partial charge in [0.1, 0.15) is 6.61 Å². The number of benzene rings is 1. The third kappa shape index (κ3) is 1.91. The molecule has 1 amide bonds. The molecule has 0 aromatic heterocycles. The Hall–Kier alpha value is -2.02. The molecule has 0 spiro atoms. The average molecular weight is 202 g/mol. The normalized spacial score (nSPS) is 14.9. The van der Waals surface area contributed by atoms with E-state index in [9.17, 15) is 4.79 Å². The summed E-state index contributed by atoms with van der Waals surface area (Å²) in [5, 5.41) is 8.87. The predicted molar refractivity (Wildman–Crippen MR) is 52.9 cm³/mol. The zero-order valence-corrected chi connectivity index (χ0v) is 8.14. The summed E-state index contributed by atoms with van der Waals surface area (Å²) in [6.07, 6.45) is -0.303. The maximum Gasteiger partial charge on any atom is 0.410 e. The van der Waals surface area contributed by atoms with E-state index < -0.39 is 0 Å². The molecule has 15 heavy (non-hydrogen) atoms. The maximum absolute atomic E-state index is 11.2. The van der Waals surface area contributed by atoms with Crippen molar-refractivity contribution in [2.75, 3.05) is 13.2 Å². The minimum absolute atomic E-state index is 0.303. The number of rotatable bonds is 2. The number of nitriles is 1. The lowest BCUT2D eigenvalue weighted by Gasteiger charge is -2.12. The summed E-state index contributed by atoms with van der Waals surface area (Å²) in [5.41, 5.74) is 1.47. The van der Waals surface area contributed by atoms with Crippen LogP contribution in [-0.4, -0.2) is 24.1 Å². The van der Waals surface area contributed by atoms with Gasteiger partial charge in [0, 0.05) is 0 Å². The summed E-state index contributed by atoms with van der Waals surface area (Å²) in [6.45, 7) is 1.48. The van der Waals surface area contributed by atoms with E-state index >= 15 is 0 Å². The van der Waals surface area contributed by atoms with Crippen LogP contribution in [0, 0.1) is 11.3 Å². The topological polar surface area (TPSA) is 53.3 Å². The van der Waals surface area contributed by atoms with Gasteiger partial charge in [-0.15, -0.1) is 0 Å². The molecule has 4 heteroatoms. The first-order valence-electron chi connectivity index (χ1n) is 4.71. The van der Waals surface area contributed by atoms with E-state index in [0.29, 0.717) is 25.3 Å². The van der Waals surface area contributed by atoms with Crippen molar-refractivity contribution in [1.29, 1.82) is 5.26 Å². The molecule has 1 aliphatic heterocycles. The van der Waals surface area contributed by atoms with E-state index in [2.05, 4.69) is 6.07 Å². The lowest BCUT2D eigenvalue weighted by Crippen LogP contribution is -2.23. The van der Waals surface area contributed by atoms with Gasteiger partial charge in [0.25, 0.3) is 0 Å². The summed E-state index contributed by atoms with van der Waals surface area (Å²) in [5.74, 6) is 0. The first-order valence-corrected chi connectivity index (χ1v) is 4.71. The molecule has 0 aliphatic carbocycles. The Morgan fingerprint density at radius 2 is 2.27 bits per heavy atom. The lowest BCUT2D eigenvalue weighted by atomic mass is 10.1. The van der Waals surface area contributed by atoms with Crippen molar-refractivity contribution < 1.29 is 9.53 Å². The van der Waals surface area contributed by atoms with Crippen LogP contribution in [-0.2, 0) is 11.3 Å². The third-order valence-corrected chi connectivity index (χ3v) is 2.34. The van der Waals surface area contributed by atoms with Gasteiger partial charge in [0.05, 0.1) is 24.7 Å². The molecule has 76 valence electrons. The maximum atomic E-state index is 11.2. The second-order valence-electron chi connectivity index (χ2n) is 3.30. The highest BCUT2D eigenvalue weighted by Crippen LogP contribution is 2.13. The van der Waals surface area contributed by atoms with Gasteiger partial charge in [-0.2, -0.15) is 5.26 Å². The van der Waals surface area contributed by atoms with Crippen LogP contribution in [0.5, 0.6) is 0 Å². The number of hydrogen-bond donors (Lipinski definition) is 0. The van der Waals surface area contributed by atoms with E-state index in [1.165, 1.54) is 0 Å². The number of hydrogen-bond acceptors (Lipinski definition) is 3. The van der Waals surface area contributed by atoms with Gasteiger partial charge in [-0.3, -0.25) is 0 Å². The summed E-state index contributed by atoms with van der Waals surface area (Å²) >= 11 is 0. The highest BCUT2D eigenvalue weighted by atomic mass is 16.6. The molecule has 4 nitrogen and oxygen atoms in total. The predicted octanol–water partition coefficient (Wildman–Crippen LogP) is 1.51. The minimum Gasteiger partial charge on any atom is -0.448 e. The Labute approximate surface area is 87.7 Å². The number of ether oxygens (including phenoxy) is 1. The van der Waals surface area contributed by atoms with Gasteiger partial charge in [-0.25, -0.2) is 4.79 Å². The number of cyclic esters (lactones) is 1. The fraction of sp³-hybridized carbons (Fsp3) is 0.273. The quantitative estimate of drug-likeness (QED) is 0.730. The third-order valence-electron chi connectivity index (χ3n) is 2.34. The monoisotopic (exact) mass is 202 g/mol. The molecule has 0 unspecified atom stereocenters. The van der Waals surface area contributed by atoms with Crippen molar-refractivity contribution in [2.24, 2.45) is 0 Å². The van der Waals surface area contributed by atoms with E-state index in [-0.39, 0.29) is 6.09 Å². The highest BCUT2D eigenvalue weighted by Gasteiger charge is 2.22. The van der Waals surface area contributed by atoms with Crippen LogP contribution in [0.3, 0.4) is 0 Å². The van der Waals surface area contributed by atoms with Crippen LogP contribution < -0.4 is 0 Å². The Balaban J connectivity index is 2.17. The van der Waals surface area contributed by atoms with Gasteiger partial charge >= 0.3 is 6.09 Å². The molecule has 1 heterocycles. The van der Waals surface area contributed by atoms with Crippen molar-refractivity contribution in [3.63, 3.8) is 0 Å². The lowest BCUT2D eigenvalue weighted by molar-refractivity contribution is 0.157. The Morgan fingerprint density at radius 3 is 2.93 bits per heavy atom. The summed E-state index contributed by atoms with van der Waals surface area (Å²) in [6, 6.07) is 9.37. The SMILES string of the molecule is N#Cc1ccccc1CN1CCOC1=O. The van der Waals surface area contributed by atoms with Crippen LogP contribution in [0.2, 0.25) is 0 Å². The molecular formula is C11H10N2O2. The van der Waals surface area contributed by atoms with Gasteiger partial charge in [-0.1, -0.05) is 18.2 Å². The van der Waals surface area contributed by atoms with Crippen molar-refractivity contribution in [3.8, 4) is 6.07 Å². The molecule has 0 saturated carbocycles. The van der Waals surface area contributed by atoms with Crippen LogP contribution in [0.15, 0.2) is 24.3 Å². The van der Waals surface area contributed by atoms with Crippen LogP contribution >= 0.6 is 0 Å². The molecule has 1 fully saturated rings. The van der Waals surface area contributed by atoms with Crippen molar-refractivity contribution in [2.45, 2.75) is 6.54 Å². The largest absolute Gasteiger partial charge is 0.448 e. The second kappa shape index (κ2) is 4.01. The number of amides is 1. The number of carbonyl (C=O) groups excluding carboxylic acids is 1. The first-order chi connectivity index (χ1) is 7.31. The summed E-state index contributed by atoms with van der Waals surface area (Å²) < 4.78 is 4.82. The Kier molecular flexibility index (Phi) is 2.55. The molecule has 0 radical (unpaired) electrons.